The van der Waals surface area contributed by atoms with Crippen molar-refractivity contribution >= 4 is 11.9 Å². The molecule has 1 aliphatic heterocycles. The largest absolute Gasteiger partial charge is 0.497 e. The fraction of sp³-hybridized carbons (Fsp3) is 0.429. The number of carboxylic acids is 1. The highest BCUT2D eigenvalue weighted by Gasteiger charge is 2.35. The first-order chi connectivity index (χ1) is 10.0. The molecule has 0 aromatic heterocycles. The van der Waals surface area contributed by atoms with Gasteiger partial charge in [-0.3, -0.25) is 9.59 Å². The maximum absolute atomic E-state index is 12.2. The predicted molar refractivity (Wildman–Crippen MR) is 72.7 cm³/mol. The van der Waals surface area contributed by atoms with Crippen LogP contribution >= 0.6 is 0 Å². The number of rotatable bonds is 5. The van der Waals surface area contributed by atoms with Gasteiger partial charge in [0.15, 0.2) is 0 Å². The zero-order chi connectivity index (χ0) is 15.4. The first-order valence-corrected chi connectivity index (χ1v) is 6.39. The molecule has 2 unspecified atom stereocenters. The Labute approximate surface area is 121 Å². The lowest BCUT2D eigenvalue weighted by molar-refractivity contribution is -0.142. The standard InChI is InChI=1S/C14H17NO6/c1-19-9-3-8(4-10(5-9)20-2)13(16)15-12-7-21-6-11(12)14(17)18/h3-5,11-12H,6-7H2,1-2H3,(H,15,16)(H,17,18). The molecule has 0 aliphatic carbocycles. The molecule has 2 N–H and O–H groups in total. The summed E-state index contributed by atoms with van der Waals surface area (Å²) in [5.41, 5.74) is 0.335. The van der Waals surface area contributed by atoms with Gasteiger partial charge in [-0.15, -0.1) is 0 Å². The summed E-state index contributed by atoms with van der Waals surface area (Å²) in [6.07, 6.45) is 0. The minimum absolute atomic E-state index is 0.0989. The van der Waals surface area contributed by atoms with Crippen LogP contribution in [0.15, 0.2) is 18.2 Å². The molecule has 7 nitrogen and oxygen atoms in total. The van der Waals surface area contributed by atoms with E-state index in [4.69, 9.17) is 19.3 Å². The highest BCUT2D eigenvalue weighted by Crippen LogP contribution is 2.23. The summed E-state index contributed by atoms with van der Waals surface area (Å²) in [6, 6.07) is 4.22. The van der Waals surface area contributed by atoms with Gasteiger partial charge >= 0.3 is 5.97 Å². The molecule has 7 heteroatoms. The van der Waals surface area contributed by atoms with Gasteiger partial charge in [-0.05, 0) is 12.1 Å². The van der Waals surface area contributed by atoms with Gasteiger partial charge in [0.25, 0.3) is 5.91 Å². The van der Waals surface area contributed by atoms with Gasteiger partial charge < -0.3 is 24.6 Å². The monoisotopic (exact) mass is 295 g/mol. The molecule has 0 radical (unpaired) electrons. The minimum Gasteiger partial charge on any atom is -0.497 e. The normalized spacial score (nSPS) is 20.9. The Morgan fingerprint density at radius 3 is 2.33 bits per heavy atom. The van der Waals surface area contributed by atoms with Gasteiger partial charge in [-0.25, -0.2) is 0 Å². The Balaban J connectivity index is 2.14. The molecule has 21 heavy (non-hydrogen) atoms. The second-order valence-corrected chi connectivity index (χ2v) is 4.66. The zero-order valence-corrected chi connectivity index (χ0v) is 11.8. The van der Waals surface area contributed by atoms with Crippen molar-refractivity contribution < 1.29 is 28.9 Å². The molecule has 1 saturated heterocycles. The molecule has 1 aromatic rings. The van der Waals surface area contributed by atoms with E-state index in [1.165, 1.54) is 14.2 Å². The Morgan fingerprint density at radius 1 is 1.19 bits per heavy atom. The van der Waals surface area contributed by atoms with Crippen LogP contribution < -0.4 is 14.8 Å². The number of methoxy groups -OCH3 is 2. The lowest BCUT2D eigenvalue weighted by atomic mass is 10.0. The number of nitrogens with one attached hydrogen (secondary N) is 1. The molecule has 2 rings (SSSR count). The van der Waals surface area contributed by atoms with Crippen LogP contribution in [0.2, 0.25) is 0 Å². The topological polar surface area (TPSA) is 94.1 Å². The Kier molecular flexibility index (Phi) is 4.64. The number of carboxylic acid groups (broad SMARTS) is 1. The molecule has 1 aromatic carbocycles. The Bertz CT molecular complexity index is 522. The SMILES string of the molecule is COc1cc(OC)cc(C(=O)NC2COCC2C(=O)O)c1. The fourth-order valence-electron chi connectivity index (χ4n) is 2.13. The lowest BCUT2D eigenvalue weighted by Gasteiger charge is -2.16. The van der Waals surface area contributed by atoms with E-state index in [0.29, 0.717) is 17.1 Å². The molecule has 114 valence electrons. The number of carbonyl (C=O) groups excluding carboxylic acids is 1. The molecule has 0 saturated carbocycles. The fourth-order valence-corrected chi connectivity index (χ4v) is 2.13. The molecule has 1 aliphatic rings. The maximum Gasteiger partial charge on any atom is 0.311 e. The third-order valence-corrected chi connectivity index (χ3v) is 3.33. The van der Waals surface area contributed by atoms with E-state index < -0.39 is 23.8 Å². The first kappa shape index (κ1) is 15.1. The first-order valence-electron chi connectivity index (χ1n) is 6.39. The van der Waals surface area contributed by atoms with E-state index >= 15 is 0 Å². The van der Waals surface area contributed by atoms with Gasteiger partial charge in [0.2, 0.25) is 0 Å². The van der Waals surface area contributed by atoms with Crippen molar-refractivity contribution in [2.45, 2.75) is 6.04 Å². The Morgan fingerprint density at radius 2 is 1.81 bits per heavy atom. The highest BCUT2D eigenvalue weighted by molar-refractivity contribution is 5.95. The van der Waals surface area contributed by atoms with Crippen LogP contribution in [-0.4, -0.2) is 50.5 Å². The van der Waals surface area contributed by atoms with E-state index in [0.717, 1.165) is 0 Å². The van der Waals surface area contributed by atoms with Crippen LogP contribution in [0.25, 0.3) is 0 Å². The number of ether oxygens (including phenoxy) is 3. The minimum atomic E-state index is -0.985. The van der Waals surface area contributed by atoms with Gasteiger partial charge in [0.05, 0.1) is 33.5 Å². The quantitative estimate of drug-likeness (QED) is 0.823. The van der Waals surface area contributed by atoms with Crippen molar-refractivity contribution in [3.05, 3.63) is 23.8 Å². The maximum atomic E-state index is 12.2. The smallest absolute Gasteiger partial charge is 0.311 e. The summed E-state index contributed by atoms with van der Waals surface area (Å²) >= 11 is 0. The van der Waals surface area contributed by atoms with E-state index in [1.807, 2.05) is 0 Å². The summed E-state index contributed by atoms with van der Waals surface area (Å²) in [6.45, 7) is 0.283. The number of aliphatic carboxylic acids is 1. The number of hydrogen-bond donors (Lipinski definition) is 2. The van der Waals surface area contributed by atoms with Crippen LogP contribution in [0.1, 0.15) is 10.4 Å². The molecule has 0 spiro atoms. The highest BCUT2D eigenvalue weighted by atomic mass is 16.5. The second kappa shape index (κ2) is 6.45. The van der Waals surface area contributed by atoms with Crippen molar-refractivity contribution in [3.8, 4) is 11.5 Å². The number of hydrogen-bond acceptors (Lipinski definition) is 5. The van der Waals surface area contributed by atoms with Gasteiger partial charge in [0, 0.05) is 11.6 Å². The molecule has 0 bridgehead atoms. The average Bonchev–Trinajstić information content (AvgIpc) is 2.94. The molecular weight excluding hydrogens is 278 g/mol. The Hall–Kier alpha value is -2.28. The third-order valence-electron chi connectivity index (χ3n) is 3.33. The summed E-state index contributed by atoms with van der Waals surface area (Å²) in [7, 11) is 2.98. The average molecular weight is 295 g/mol. The third kappa shape index (κ3) is 3.43. The van der Waals surface area contributed by atoms with Crippen LogP contribution in [0.3, 0.4) is 0 Å². The van der Waals surface area contributed by atoms with E-state index in [2.05, 4.69) is 5.32 Å². The predicted octanol–water partition coefficient (Wildman–Crippen LogP) is 0.533. The lowest BCUT2D eigenvalue weighted by Crippen LogP contribution is -2.42. The van der Waals surface area contributed by atoms with E-state index in [-0.39, 0.29) is 13.2 Å². The van der Waals surface area contributed by atoms with Crippen LogP contribution in [-0.2, 0) is 9.53 Å². The van der Waals surface area contributed by atoms with Gasteiger partial charge in [-0.1, -0.05) is 0 Å². The zero-order valence-electron chi connectivity index (χ0n) is 11.8. The summed E-state index contributed by atoms with van der Waals surface area (Å²) in [4.78, 5) is 23.3. The van der Waals surface area contributed by atoms with Crippen LogP contribution in [0.4, 0.5) is 0 Å². The molecule has 1 heterocycles. The van der Waals surface area contributed by atoms with E-state index in [1.54, 1.807) is 18.2 Å². The van der Waals surface area contributed by atoms with Crippen molar-refractivity contribution in [1.82, 2.24) is 5.32 Å². The summed E-state index contributed by atoms with van der Waals surface area (Å²) in [5, 5.41) is 11.7. The van der Waals surface area contributed by atoms with Crippen molar-refractivity contribution in [3.63, 3.8) is 0 Å². The molecule has 2 atom stereocenters. The van der Waals surface area contributed by atoms with Crippen molar-refractivity contribution in [2.75, 3.05) is 27.4 Å². The van der Waals surface area contributed by atoms with Gasteiger partial charge in [-0.2, -0.15) is 0 Å². The molecular formula is C14H17NO6. The van der Waals surface area contributed by atoms with Crippen LogP contribution in [0, 0.1) is 5.92 Å². The number of carbonyl (C=O) groups is 2. The second-order valence-electron chi connectivity index (χ2n) is 4.66. The van der Waals surface area contributed by atoms with Crippen molar-refractivity contribution in [1.29, 1.82) is 0 Å². The number of amides is 1. The van der Waals surface area contributed by atoms with Crippen LogP contribution in [0.5, 0.6) is 11.5 Å². The summed E-state index contributed by atoms with van der Waals surface area (Å²) < 4.78 is 15.3. The molecule has 1 amide bonds. The van der Waals surface area contributed by atoms with E-state index in [9.17, 15) is 9.59 Å². The number of benzene rings is 1. The summed E-state index contributed by atoms with van der Waals surface area (Å²) in [5.74, 6) is -1.15. The van der Waals surface area contributed by atoms with Gasteiger partial charge in [0.1, 0.15) is 17.4 Å². The molecule has 1 fully saturated rings. The van der Waals surface area contributed by atoms with Crippen molar-refractivity contribution in [2.24, 2.45) is 5.92 Å².